The molecule has 0 spiro atoms. The Bertz CT molecular complexity index is 1520. The van der Waals surface area contributed by atoms with Gasteiger partial charge >= 0.3 is 12.2 Å². The first-order valence-electron chi connectivity index (χ1n) is 15.4. The molecule has 3 heterocycles. The van der Waals surface area contributed by atoms with Gasteiger partial charge in [-0.2, -0.15) is 13.2 Å². The number of carbonyl (C=O) groups is 2. The van der Waals surface area contributed by atoms with E-state index in [1.807, 2.05) is 24.3 Å². The average molecular weight is 620 g/mol. The van der Waals surface area contributed by atoms with E-state index in [4.69, 9.17) is 0 Å². The summed E-state index contributed by atoms with van der Waals surface area (Å²) in [5, 5.41) is 5.28. The molecule has 1 saturated carbocycles. The summed E-state index contributed by atoms with van der Waals surface area (Å²) in [6.07, 6.45) is 2.10. The molecule has 2 fully saturated rings. The zero-order valence-corrected chi connectivity index (χ0v) is 24.8. The minimum Gasteiger partial charge on any atom is -0.368 e. The molecule has 9 nitrogen and oxygen atoms in total. The lowest BCUT2D eigenvalue weighted by Gasteiger charge is -2.37. The number of pyridine rings is 1. The Kier molecular flexibility index (Phi) is 8.90. The van der Waals surface area contributed by atoms with Gasteiger partial charge in [-0.15, -0.1) is 0 Å². The van der Waals surface area contributed by atoms with Gasteiger partial charge in [-0.1, -0.05) is 37.5 Å². The third-order valence-electron chi connectivity index (χ3n) is 8.63. The quantitative estimate of drug-likeness (QED) is 0.362. The zero-order chi connectivity index (χ0) is 31.4. The van der Waals surface area contributed by atoms with E-state index in [9.17, 15) is 22.8 Å². The van der Waals surface area contributed by atoms with Crippen LogP contribution < -0.4 is 25.3 Å². The minimum absolute atomic E-state index is 0.00925. The van der Waals surface area contributed by atoms with Crippen LogP contribution in [0.3, 0.4) is 0 Å². The van der Waals surface area contributed by atoms with Gasteiger partial charge in [-0.25, -0.2) is 4.79 Å². The van der Waals surface area contributed by atoms with E-state index in [1.54, 1.807) is 42.7 Å². The number of carbonyl (C=O) groups excluding carboxylic acids is 2. The molecule has 1 unspecified atom stereocenters. The van der Waals surface area contributed by atoms with Crippen molar-refractivity contribution in [3.63, 3.8) is 0 Å². The molecule has 3 aliphatic rings. The van der Waals surface area contributed by atoms with E-state index < -0.39 is 30.8 Å². The Morgan fingerprint density at radius 3 is 2.11 bits per heavy atom. The lowest BCUT2D eigenvalue weighted by atomic mass is 9.83. The Morgan fingerprint density at radius 1 is 0.844 bits per heavy atom. The van der Waals surface area contributed by atoms with Crippen LogP contribution in [0.25, 0.3) is 0 Å². The minimum atomic E-state index is -4.64. The Morgan fingerprint density at radius 2 is 1.47 bits per heavy atom. The standard InChI is InChI=1S/C33H36F3N7O2/c34-33(35,36)22-43-28-9-5-4-8-27(28)29(23-6-2-1-3-7-23)39-30(31(43)44)40-32(45)38-24-10-12-25(13-11-24)41-18-20-42(21-19-41)26-14-16-37-17-15-26/h4-5,8-17,23,30H,1-3,6-7,18-22H2,(H2,38,40,45). The van der Waals surface area contributed by atoms with Crippen molar-refractivity contribution >= 4 is 40.4 Å². The first-order valence-corrected chi connectivity index (χ1v) is 15.4. The molecule has 3 amide bonds. The highest BCUT2D eigenvalue weighted by Gasteiger charge is 2.40. The van der Waals surface area contributed by atoms with Crippen molar-refractivity contribution in [2.24, 2.45) is 10.9 Å². The van der Waals surface area contributed by atoms with Crippen LogP contribution >= 0.6 is 0 Å². The van der Waals surface area contributed by atoms with Gasteiger partial charge in [-0.3, -0.25) is 19.7 Å². The number of alkyl halides is 3. The summed E-state index contributed by atoms with van der Waals surface area (Å²) < 4.78 is 41.1. The zero-order valence-electron chi connectivity index (χ0n) is 24.8. The molecule has 6 rings (SSSR count). The third-order valence-corrected chi connectivity index (χ3v) is 8.63. The fourth-order valence-corrected chi connectivity index (χ4v) is 6.42. The van der Waals surface area contributed by atoms with E-state index in [1.165, 1.54) is 6.07 Å². The number of hydrogen-bond donors (Lipinski definition) is 2. The van der Waals surface area contributed by atoms with Gasteiger partial charge in [0, 0.05) is 67.1 Å². The predicted octanol–water partition coefficient (Wildman–Crippen LogP) is 5.83. The largest absolute Gasteiger partial charge is 0.406 e. The van der Waals surface area contributed by atoms with Crippen molar-refractivity contribution in [1.29, 1.82) is 0 Å². The van der Waals surface area contributed by atoms with Crippen LogP contribution in [0.5, 0.6) is 0 Å². The van der Waals surface area contributed by atoms with Crippen LogP contribution in [-0.4, -0.2) is 67.7 Å². The SMILES string of the molecule is O=C(Nc1ccc(N2CCN(c3ccncc3)CC2)cc1)NC1N=C(C2CCCCC2)c2ccccc2N(CC(F)(F)F)C1=O. The number of anilines is 4. The molecule has 12 heteroatoms. The number of nitrogens with one attached hydrogen (secondary N) is 2. The molecule has 3 aromatic rings. The molecular weight excluding hydrogens is 583 g/mol. The summed E-state index contributed by atoms with van der Waals surface area (Å²) in [4.78, 5) is 40.7. The lowest BCUT2D eigenvalue weighted by molar-refractivity contribution is -0.133. The van der Waals surface area contributed by atoms with Gasteiger partial charge in [0.1, 0.15) is 6.54 Å². The molecule has 2 aromatic carbocycles. The molecule has 2 N–H and O–H groups in total. The Balaban J connectivity index is 1.15. The van der Waals surface area contributed by atoms with Crippen LogP contribution in [0, 0.1) is 5.92 Å². The molecule has 1 aromatic heterocycles. The summed E-state index contributed by atoms with van der Waals surface area (Å²) in [5.74, 6) is -0.938. The normalized spacial score (nSPS) is 19.4. The third kappa shape index (κ3) is 7.21. The van der Waals surface area contributed by atoms with Crippen molar-refractivity contribution < 1.29 is 22.8 Å². The first-order chi connectivity index (χ1) is 21.7. The van der Waals surface area contributed by atoms with E-state index in [0.717, 1.165) is 69.7 Å². The molecule has 0 bridgehead atoms. The summed E-state index contributed by atoms with van der Waals surface area (Å²) in [6.45, 7) is 1.91. The van der Waals surface area contributed by atoms with Gasteiger partial charge in [0.2, 0.25) is 6.17 Å². The van der Waals surface area contributed by atoms with Crippen LogP contribution in [0.2, 0.25) is 0 Å². The maximum atomic E-state index is 13.7. The number of nitrogens with zero attached hydrogens (tertiary/aromatic N) is 5. The number of hydrogen-bond acceptors (Lipinski definition) is 6. The number of rotatable bonds is 6. The second-order valence-corrected chi connectivity index (χ2v) is 11.6. The second kappa shape index (κ2) is 13.2. The lowest BCUT2D eigenvalue weighted by Crippen LogP contribution is -2.50. The molecule has 2 aliphatic heterocycles. The van der Waals surface area contributed by atoms with Crippen molar-refractivity contribution in [3.8, 4) is 0 Å². The fourth-order valence-electron chi connectivity index (χ4n) is 6.42. The van der Waals surface area contributed by atoms with E-state index >= 15 is 0 Å². The van der Waals surface area contributed by atoms with Gasteiger partial charge in [-0.05, 0) is 55.3 Å². The maximum Gasteiger partial charge on any atom is 0.406 e. The highest BCUT2D eigenvalue weighted by molar-refractivity contribution is 6.14. The number of para-hydroxylation sites is 1. The number of halogens is 3. The number of benzodiazepines with no additional fused rings is 1. The van der Waals surface area contributed by atoms with E-state index in [-0.39, 0.29) is 11.6 Å². The predicted molar refractivity (Wildman–Crippen MR) is 169 cm³/mol. The van der Waals surface area contributed by atoms with Crippen LogP contribution in [-0.2, 0) is 4.79 Å². The molecule has 1 aliphatic carbocycles. The fraction of sp³-hybridized carbons (Fsp3) is 0.394. The number of aliphatic imine (C=N–C) groups is 1. The molecule has 236 valence electrons. The Labute approximate surface area is 260 Å². The molecular formula is C33H36F3N7O2. The van der Waals surface area contributed by atoms with Gasteiger partial charge < -0.3 is 20.4 Å². The molecule has 1 atom stereocenters. The molecule has 0 radical (unpaired) electrons. The summed E-state index contributed by atoms with van der Waals surface area (Å²) in [7, 11) is 0. The maximum absolute atomic E-state index is 13.7. The van der Waals surface area contributed by atoms with Crippen LogP contribution in [0.15, 0.2) is 78.0 Å². The first kappa shape index (κ1) is 30.4. The molecule has 1 saturated heterocycles. The van der Waals surface area contributed by atoms with E-state index in [2.05, 4.69) is 30.4 Å². The van der Waals surface area contributed by atoms with Crippen molar-refractivity contribution in [1.82, 2.24) is 10.3 Å². The topological polar surface area (TPSA) is 93.2 Å². The number of urea groups is 1. The van der Waals surface area contributed by atoms with Crippen LogP contribution in [0.1, 0.15) is 37.7 Å². The average Bonchev–Trinajstić information content (AvgIpc) is 3.16. The monoisotopic (exact) mass is 619 g/mol. The number of benzene rings is 2. The highest BCUT2D eigenvalue weighted by Crippen LogP contribution is 2.35. The van der Waals surface area contributed by atoms with Gasteiger partial charge in [0.05, 0.1) is 11.4 Å². The number of aromatic nitrogens is 1. The summed E-state index contributed by atoms with van der Waals surface area (Å²) in [6, 6.07) is 17.2. The van der Waals surface area contributed by atoms with Crippen molar-refractivity contribution in [2.45, 2.75) is 44.4 Å². The summed E-state index contributed by atoms with van der Waals surface area (Å²) in [5.41, 5.74) is 3.87. The van der Waals surface area contributed by atoms with E-state index in [0.29, 0.717) is 21.9 Å². The number of piperazine rings is 1. The summed E-state index contributed by atoms with van der Waals surface area (Å²) >= 11 is 0. The van der Waals surface area contributed by atoms with Crippen molar-refractivity contribution in [2.75, 3.05) is 52.7 Å². The van der Waals surface area contributed by atoms with Crippen LogP contribution in [0.4, 0.5) is 40.7 Å². The number of fused-ring (bicyclic) bond motifs is 1. The van der Waals surface area contributed by atoms with Gasteiger partial charge in [0.25, 0.3) is 5.91 Å². The van der Waals surface area contributed by atoms with Crippen molar-refractivity contribution in [3.05, 3.63) is 78.6 Å². The Hall–Kier alpha value is -4.61. The molecule has 45 heavy (non-hydrogen) atoms. The van der Waals surface area contributed by atoms with Gasteiger partial charge in [0.15, 0.2) is 0 Å². The highest BCUT2D eigenvalue weighted by atomic mass is 19.4. The smallest absolute Gasteiger partial charge is 0.368 e. The second-order valence-electron chi connectivity index (χ2n) is 11.6. The number of amides is 3.